The number of fused-ring (bicyclic) bond motifs is 1. The smallest absolute Gasteiger partial charge is 0.407 e. The van der Waals surface area contributed by atoms with Crippen LogP contribution in [0.1, 0.15) is 80.3 Å². The van der Waals surface area contributed by atoms with Crippen molar-refractivity contribution in [3.63, 3.8) is 0 Å². The van der Waals surface area contributed by atoms with Gasteiger partial charge in [0.05, 0.1) is 50.1 Å². The van der Waals surface area contributed by atoms with Gasteiger partial charge in [0.15, 0.2) is 0 Å². The minimum absolute atomic E-state index is 0.0306. The van der Waals surface area contributed by atoms with Crippen LogP contribution in [0.2, 0.25) is 0 Å². The van der Waals surface area contributed by atoms with Gasteiger partial charge in [-0.25, -0.2) is 19.6 Å². The van der Waals surface area contributed by atoms with Crippen molar-refractivity contribution >= 4 is 34.8 Å². The van der Waals surface area contributed by atoms with Gasteiger partial charge in [-0.05, 0) is 101 Å². The van der Waals surface area contributed by atoms with Gasteiger partial charge in [-0.15, -0.1) is 0 Å². The number of carbonyl (C=O) groups excluding carboxylic acids is 4. The Morgan fingerprint density at radius 2 is 1.30 bits per heavy atom. The highest BCUT2D eigenvalue weighted by atomic mass is 16.5. The molecular weight excluding hydrogens is 837 g/mol. The molecule has 15 nitrogen and oxygen atoms in total. The average molecular weight is 891 g/mol. The molecule has 4 N–H and O–H groups in total. The maximum atomic E-state index is 14.3. The van der Waals surface area contributed by atoms with Gasteiger partial charge in [-0.2, -0.15) is 0 Å². The van der Waals surface area contributed by atoms with Gasteiger partial charge >= 0.3 is 12.2 Å². The molecule has 66 heavy (non-hydrogen) atoms. The lowest BCUT2D eigenvalue weighted by molar-refractivity contribution is -0.137. The predicted molar refractivity (Wildman–Crippen MR) is 247 cm³/mol. The van der Waals surface area contributed by atoms with Crippen LogP contribution in [0.5, 0.6) is 0 Å². The van der Waals surface area contributed by atoms with Gasteiger partial charge in [-0.1, -0.05) is 78.9 Å². The van der Waals surface area contributed by atoms with E-state index >= 15 is 0 Å². The highest BCUT2D eigenvalue weighted by molar-refractivity contribution is 5.91. The second-order valence-corrected chi connectivity index (χ2v) is 18.1. The van der Waals surface area contributed by atoms with Crippen LogP contribution in [-0.2, 0) is 23.8 Å². The number of nitrogens with zero attached hydrogens (tertiary/aromatic N) is 4. The van der Waals surface area contributed by atoms with Crippen molar-refractivity contribution in [2.75, 3.05) is 40.5 Å². The number of likely N-dealkylation sites (tertiary alicyclic amines) is 2. The molecule has 1 saturated carbocycles. The number of methoxy groups -OCH3 is 2. The summed E-state index contributed by atoms with van der Waals surface area (Å²) in [5, 5.41) is 7.78. The van der Waals surface area contributed by atoms with E-state index in [0.717, 1.165) is 88.2 Å². The Bertz CT molecular complexity index is 2740. The van der Waals surface area contributed by atoms with Gasteiger partial charge in [0.1, 0.15) is 23.7 Å². The Labute approximate surface area is 382 Å². The number of hydrogen-bond donors (Lipinski definition) is 4. The lowest BCUT2D eigenvalue weighted by Crippen LogP contribution is -2.53. The van der Waals surface area contributed by atoms with Crippen molar-refractivity contribution < 1.29 is 33.4 Å². The Morgan fingerprint density at radius 1 is 0.697 bits per heavy atom. The number of alkyl carbamates (subject to hydrolysis) is 2. The third kappa shape index (κ3) is 8.62. The maximum Gasteiger partial charge on any atom is 0.407 e. The van der Waals surface area contributed by atoms with Gasteiger partial charge in [0, 0.05) is 31.9 Å². The van der Waals surface area contributed by atoms with E-state index in [1.54, 1.807) is 0 Å². The summed E-state index contributed by atoms with van der Waals surface area (Å²) in [6.45, 7) is 2.32. The molecule has 1 spiro atoms. The molecule has 3 saturated heterocycles. The number of nitrogens with one attached hydrogen (secondary N) is 4. The molecule has 15 heteroatoms. The Morgan fingerprint density at radius 3 is 1.98 bits per heavy atom. The molecule has 4 aromatic carbocycles. The molecule has 2 aromatic heterocycles. The van der Waals surface area contributed by atoms with Gasteiger partial charge in [0.25, 0.3) is 5.91 Å². The number of amides is 4. The Balaban J connectivity index is 0.822. The molecule has 4 fully saturated rings. The zero-order valence-electron chi connectivity index (χ0n) is 37.1. The zero-order chi connectivity index (χ0) is 45.4. The summed E-state index contributed by atoms with van der Waals surface area (Å²) in [5.74, 6) is 1.14. The fraction of sp³-hybridized carbons (Fsp3) is 0.373. The number of aromatic amines is 2. The molecule has 4 atom stereocenters. The number of carbonyl (C=O) groups is 4. The first-order chi connectivity index (χ1) is 32.2. The molecule has 4 aliphatic rings. The van der Waals surface area contributed by atoms with Crippen molar-refractivity contribution in [2.45, 2.75) is 69.1 Å². The van der Waals surface area contributed by atoms with Gasteiger partial charge in [-0.3, -0.25) is 9.59 Å². The first kappa shape index (κ1) is 42.9. The van der Waals surface area contributed by atoms with Crippen LogP contribution in [0.15, 0.2) is 103 Å². The summed E-state index contributed by atoms with van der Waals surface area (Å²) < 4.78 is 15.3. The van der Waals surface area contributed by atoms with Gasteiger partial charge < -0.3 is 44.6 Å². The third-order valence-corrected chi connectivity index (χ3v) is 14.1. The normalized spacial score (nSPS) is 20.0. The summed E-state index contributed by atoms with van der Waals surface area (Å²) in [4.78, 5) is 73.4. The first-order valence-electron chi connectivity index (χ1n) is 22.9. The largest absolute Gasteiger partial charge is 0.453 e. The second kappa shape index (κ2) is 18.1. The van der Waals surface area contributed by atoms with E-state index in [0.29, 0.717) is 44.7 Å². The number of hydrogen-bond acceptors (Lipinski definition) is 9. The predicted octanol–water partition coefficient (Wildman–Crippen LogP) is 8.25. The van der Waals surface area contributed by atoms with E-state index in [2.05, 4.69) is 81.3 Å². The molecule has 10 rings (SSSR count). The molecule has 0 radical (unpaired) electrons. The Hall–Kier alpha value is -7.00. The first-order valence-corrected chi connectivity index (χ1v) is 22.9. The van der Waals surface area contributed by atoms with Crippen LogP contribution >= 0.6 is 0 Å². The van der Waals surface area contributed by atoms with E-state index < -0.39 is 24.3 Å². The van der Waals surface area contributed by atoms with Crippen LogP contribution in [0.4, 0.5) is 9.59 Å². The minimum atomic E-state index is -0.881. The fourth-order valence-corrected chi connectivity index (χ4v) is 10.2. The third-order valence-electron chi connectivity index (χ3n) is 14.1. The fourth-order valence-electron chi connectivity index (χ4n) is 10.2. The number of rotatable bonds is 11. The molecule has 4 amide bonds. The molecule has 1 aliphatic carbocycles. The minimum Gasteiger partial charge on any atom is -0.453 e. The van der Waals surface area contributed by atoms with Crippen LogP contribution in [0.25, 0.3) is 44.4 Å². The lowest BCUT2D eigenvalue weighted by atomic mass is 9.90. The van der Waals surface area contributed by atoms with E-state index in [4.69, 9.17) is 24.2 Å². The number of ether oxygens (including phenoxy) is 3. The quantitative estimate of drug-likeness (QED) is 0.0995. The lowest BCUT2D eigenvalue weighted by Gasteiger charge is -2.34. The summed E-state index contributed by atoms with van der Waals surface area (Å²) in [7, 11) is 2.61. The maximum absolute atomic E-state index is 14.3. The van der Waals surface area contributed by atoms with Crippen LogP contribution in [-0.4, -0.2) is 100 Å². The molecule has 340 valence electrons. The number of benzene rings is 4. The SMILES string of the molecule is COC(=O)N[C@H](C(=O)N1CCCC1c1ncc(-c2ccc3cc(-c4ccc(-c5cnc([C@@H]6CC7(CC7)CN6C(=O)[C@H](NC(=O)OC)c6ccccc6)[nH]5)cc4)ccc3c2)[nH]1)C1CCOCC1. The number of H-pyrrole nitrogens is 2. The van der Waals surface area contributed by atoms with Crippen molar-refractivity contribution in [1.29, 1.82) is 0 Å². The molecule has 1 unspecified atom stereocenters. The monoisotopic (exact) mass is 890 g/mol. The summed E-state index contributed by atoms with van der Waals surface area (Å²) in [6, 6.07) is 28.4. The molecular formula is C51H54N8O7. The average Bonchev–Trinajstić information content (AvgIpc) is 3.90. The van der Waals surface area contributed by atoms with Crippen molar-refractivity contribution in [2.24, 2.45) is 11.3 Å². The van der Waals surface area contributed by atoms with E-state index in [-0.39, 0.29) is 35.2 Å². The highest BCUT2D eigenvalue weighted by Gasteiger charge is 2.55. The second-order valence-electron chi connectivity index (χ2n) is 18.1. The molecule has 6 aromatic rings. The summed E-state index contributed by atoms with van der Waals surface area (Å²) in [5.41, 5.74) is 6.64. The molecule has 3 aliphatic heterocycles. The molecule has 0 bridgehead atoms. The highest BCUT2D eigenvalue weighted by Crippen LogP contribution is 2.58. The van der Waals surface area contributed by atoms with Crippen LogP contribution in [0, 0.1) is 11.3 Å². The standard InChI is InChI=1S/C51H54N8O7/c1-64-49(62)56-43(33-7-4-3-5-8-33)48(61)59-30-51(20-21-51)27-42(59)46-53-28-39(54-46)32-12-10-31(11-13-32)35-14-15-37-26-38(17-16-36(37)25-35)40-29-52-45(55-40)41-9-6-22-58(41)47(60)44(57-50(63)65-2)34-18-23-66-24-19-34/h3-5,7-8,10-17,25-26,28-29,34,41-44H,6,9,18-24,27,30H2,1-2H3,(H,52,55)(H,53,54)(H,56,62)(H,57,63)/t41?,42-,43+,44-/m0/s1. The number of imidazole rings is 2. The van der Waals surface area contributed by atoms with Crippen LogP contribution < -0.4 is 10.6 Å². The number of aromatic nitrogens is 4. The Kier molecular flexibility index (Phi) is 11.8. The van der Waals surface area contributed by atoms with Gasteiger partial charge in [0.2, 0.25) is 5.91 Å². The van der Waals surface area contributed by atoms with Crippen molar-refractivity contribution in [3.05, 3.63) is 121 Å². The molecule has 5 heterocycles. The van der Waals surface area contributed by atoms with Crippen molar-refractivity contribution in [3.8, 4) is 33.6 Å². The zero-order valence-corrected chi connectivity index (χ0v) is 37.1. The van der Waals surface area contributed by atoms with Crippen molar-refractivity contribution in [1.82, 2.24) is 40.4 Å². The topological polar surface area (TPSA) is 184 Å². The summed E-state index contributed by atoms with van der Waals surface area (Å²) >= 11 is 0. The van der Waals surface area contributed by atoms with E-state index in [1.165, 1.54) is 14.2 Å². The van der Waals surface area contributed by atoms with Crippen LogP contribution in [0.3, 0.4) is 0 Å². The summed E-state index contributed by atoms with van der Waals surface area (Å²) in [6.07, 6.45) is 8.34. The van der Waals surface area contributed by atoms with E-state index in [1.807, 2.05) is 52.5 Å². The van der Waals surface area contributed by atoms with E-state index in [9.17, 15) is 19.2 Å².